The summed E-state index contributed by atoms with van der Waals surface area (Å²) in [7, 11) is -3.42. The van der Waals surface area contributed by atoms with Crippen LogP contribution in [0, 0.1) is 0 Å². The normalized spacial score (nSPS) is 11.8. The van der Waals surface area contributed by atoms with Gasteiger partial charge in [-0.2, -0.15) is 5.10 Å². The Bertz CT molecular complexity index is 1880. The molecule has 6 aromatic rings. The van der Waals surface area contributed by atoms with Crippen molar-refractivity contribution in [2.45, 2.75) is 0 Å². The van der Waals surface area contributed by atoms with Gasteiger partial charge in [-0.1, -0.05) is 35.9 Å². The molecule has 11 heteroatoms. The van der Waals surface area contributed by atoms with E-state index in [2.05, 4.69) is 29.9 Å². The number of para-hydroxylation sites is 1. The van der Waals surface area contributed by atoms with E-state index in [9.17, 15) is 8.42 Å². The van der Waals surface area contributed by atoms with Gasteiger partial charge in [-0.05, 0) is 35.9 Å². The standard InChI is InChI=1S/C25H18ClN7O2S/c1-36(34,35)33-18-9-15(11-27-13-18)16-10-20-23(31-32-24(20)28-12-16)25-29-21-7-3-6-19(22(21)30-25)14-4-2-5-17(26)8-14/h2-13,33H,1H3,(H,29,30)(H,28,31,32). The Hall–Kier alpha value is -4.28. The van der Waals surface area contributed by atoms with E-state index in [1.54, 1.807) is 18.5 Å². The first-order valence-electron chi connectivity index (χ1n) is 10.9. The summed E-state index contributed by atoms with van der Waals surface area (Å²) in [6.45, 7) is 0. The summed E-state index contributed by atoms with van der Waals surface area (Å²) in [5.74, 6) is 0.593. The summed E-state index contributed by atoms with van der Waals surface area (Å²) in [6.07, 6.45) is 5.87. The molecule has 0 atom stereocenters. The molecule has 4 aromatic heterocycles. The number of fused-ring (bicyclic) bond motifs is 2. The molecule has 9 nitrogen and oxygen atoms in total. The highest BCUT2D eigenvalue weighted by Gasteiger charge is 2.17. The lowest BCUT2D eigenvalue weighted by Gasteiger charge is -2.06. The van der Waals surface area contributed by atoms with Gasteiger partial charge in [-0.3, -0.25) is 14.8 Å². The van der Waals surface area contributed by atoms with Crippen LogP contribution in [0.1, 0.15) is 0 Å². The van der Waals surface area contributed by atoms with Crippen molar-refractivity contribution in [3.8, 4) is 33.8 Å². The van der Waals surface area contributed by atoms with Crippen molar-refractivity contribution in [2.75, 3.05) is 11.0 Å². The van der Waals surface area contributed by atoms with Gasteiger partial charge in [0.1, 0.15) is 5.69 Å². The van der Waals surface area contributed by atoms with Crippen molar-refractivity contribution in [1.82, 2.24) is 30.1 Å². The first-order chi connectivity index (χ1) is 17.3. The summed E-state index contributed by atoms with van der Waals surface area (Å²) in [5, 5.41) is 8.85. The Labute approximate surface area is 210 Å². The van der Waals surface area contributed by atoms with Crippen molar-refractivity contribution in [1.29, 1.82) is 0 Å². The largest absolute Gasteiger partial charge is 0.337 e. The Kier molecular flexibility index (Phi) is 5.20. The molecule has 178 valence electrons. The summed E-state index contributed by atoms with van der Waals surface area (Å²) in [6, 6.07) is 17.2. The van der Waals surface area contributed by atoms with E-state index < -0.39 is 10.0 Å². The van der Waals surface area contributed by atoms with Crippen LogP contribution in [0.15, 0.2) is 73.2 Å². The van der Waals surface area contributed by atoms with Gasteiger partial charge in [0.15, 0.2) is 11.5 Å². The maximum absolute atomic E-state index is 11.6. The maximum Gasteiger partial charge on any atom is 0.229 e. The maximum atomic E-state index is 11.6. The number of aromatic nitrogens is 6. The molecule has 4 heterocycles. The number of nitrogens with one attached hydrogen (secondary N) is 3. The average molecular weight is 516 g/mol. The lowest BCUT2D eigenvalue weighted by atomic mass is 10.0. The van der Waals surface area contributed by atoms with E-state index in [0.717, 1.165) is 39.4 Å². The molecule has 0 radical (unpaired) electrons. The third-order valence-corrected chi connectivity index (χ3v) is 6.51. The number of nitrogens with zero attached hydrogens (tertiary/aromatic N) is 4. The molecule has 0 spiro atoms. The molecule has 0 fully saturated rings. The molecule has 6 rings (SSSR count). The van der Waals surface area contributed by atoms with Crippen molar-refractivity contribution >= 4 is 49.4 Å². The monoisotopic (exact) mass is 515 g/mol. The summed E-state index contributed by atoms with van der Waals surface area (Å²) in [5.41, 5.74) is 6.64. The smallest absolute Gasteiger partial charge is 0.229 e. The highest BCUT2D eigenvalue weighted by Crippen LogP contribution is 2.33. The minimum absolute atomic E-state index is 0.369. The Morgan fingerprint density at radius 3 is 2.61 bits per heavy atom. The first kappa shape index (κ1) is 22.2. The van der Waals surface area contributed by atoms with Crippen LogP contribution in [0.4, 0.5) is 5.69 Å². The number of anilines is 1. The Balaban J connectivity index is 1.45. The number of imidazole rings is 1. The van der Waals surface area contributed by atoms with Crippen LogP contribution in [0.3, 0.4) is 0 Å². The molecular formula is C25H18ClN7O2S. The van der Waals surface area contributed by atoms with Crippen molar-refractivity contribution in [3.05, 3.63) is 78.2 Å². The predicted molar refractivity (Wildman–Crippen MR) is 141 cm³/mol. The SMILES string of the molecule is CS(=O)(=O)Nc1cncc(-c2cnc3[nH]nc(-c4nc5c(-c6cccc(Cl)c6)cccc5[nH]4)c3c2)c1. The lowest BCUT2D eigenvalue weighted by Crippen LogP contribution is -2.09. The topological polar surface area (TPSA) is 129 Å². The molecule has 0 aliphatic carbocycles. The predicted octanol–water partition coefficient (Wildman–Crippen LogP) is 5.26. The third-order valence-electron chi connectivity index (χ3n) is 5.66. The summed E-state index contributed by atoms with van der Waals surface area (Å²) >= 11 is 6.22. The molecular weight excluding hydrogens is 498 g/mol. The van der Waals surface area contributed by atoms with Crippen molar-refractivity contribution in [3.63, 3.8) is 0 Å². The van der Waals surface area contributed by atoms with Crippen LogP contribution in [0.25, 0.3) is 55.8 Å². The van der Waals surface area contributed by atoms with Gasteiger partial charge in [0.05, 0.1) is 34.6 Å². The highest BCUT2D eigenvalue weighted by atomic mass is 35.5. The number of halogens is 1. The van der Waals surface area contributed by atoms with Crippen LogP contribution in [0.5, 0.6) is 0 Å². The minimum atomic E-state index is -3.42. The molecule has 0 amide bonds. The number of rotatable bonds is 5. The number of H-pyrrole nitrogens is 2. The van der Waals surface area contributed by atoms with Gasteiger partial charge < -0.3 is 4.98 Å². The molecule has 36 heavy (non-hydrogen) atoms. The zero-order valence-corrected chi connectivity index (χ0v) is 20.4. The van der Waals surface area contributed by atoms with Gasteiger partial charge in [0.25, 0.3) is 0 Å². The number of sulfonamides is 1. The second-order valence-electron chi connectivity index (χ2n) is 8.33. The van der Waals surface area contributed by atoms with Crippen LogP contribution in [0.2, 0.25) is 5.02 Å². The molecule has 0 aliphatic heterocycles. The van der Waals surface area contributed by atoms with Crippen LogP contribution in [-0.4, -0.2) is 44.8 Å². The lowest BCUT2D eigenvalue weighted by molar-refractivity contribution is 0.607. The first-order valence-corrected chi connectivity index (χ1v) is 13.1. The van der Waals surface area contributed by atoms with Gasteiger partial charge in [-0.15, -0.1) is 0 Å². The summed E-state index contributed by atoms with van der Waals surface area (Å²) < 4.78 is 25.7. The molecule has 0 saturated carbocycles. The fourth-order valence-electron chi connectivity index (χ4n) is 4.14. The van der Waals surface area contributed by atoms with Crippen molar-refractivity contribution < 1.29 is 8.42 Å². The van der Waals surface area contributed by atoms with Gasteiger partial charge >= 0.3 is 0 Å². The van der Waals surface area contributed by atoms with E-state index in [1.807, 2.05) is 48.5 Å². The van der Waals surface area contributed by atoms with Gasteiger partial charge in [-0.25, -0.2) is 18.4 Å². The zero-order chi connectivity index (χ0) is 24.9. The van der Waals surface area contributed by atoms with E-state index in [4.69, 9.17) is 16.6 Å². The molecule has 0 aliphatic rings. The number of hydrogen-bond acceptors (Lipinski definition) is 6. The molecule has 0 saturated heterocycles. The molecule has 3 N–H and O–H groups in total. The fraction of sp³-hybridized carbons (Fsp3) is 0.0400. The van der Waals surface area contributed by atoms with Gasteiger partial charge in [0.2, 0.25) is 10.0 Å². The van der Waals surface area contributed by atoms with Crippen LogP contribution < -0.4 is 4.72 Å². The van der Waals surface area contributed by atoms with E-state index in [1.165, 1.54) is 6.20 Å². The number of pyridine rings is 2. The fourth-order valence-corrected chi connectivity index (χ4v) is 4.87. The van der Waals surface area contributed by atoms with Gasteiger partial charge in [0, 0.05) is 34.1 Å². The zero-order valence-electron chi connectivity index (χ0n) is 18.8. The van der Waals surface area contributed by atoms with E-state index >= 15 is 0 Å². The second-order valence-corrected chi connectivity index (χ2v) is 10.5. The quantitative estimate of drug-likeness (QED) is 0.287. The molecule has 2 aromatic carbocycles. The average Bonchev–Trinajstić information content (AvgIpc) is 3.46. The molecule has 0 unspecified atom stereocenters. The van der Waals surface area contributed by atoms with Crippen molar-refractivity contribution in [2.24, 2.45) is 0 Å². The Morgan fingerprint density at radius 1 is 0.944 bits per heavy atom. The third kappa shape index (κ3) is 4.16. The number of hydrogen-bond donors (Lipinski definition) is 3. The molecule has 0 bridgehead atoms. The number of benzene rings is 2. The van der Waals surface area contributed by atoms with Crippen LogP contribution >= 0.6 is 11.6 Å². The van der Waals surface area contributed by atoms with Crippen LogP contribution in [-0.2, 0) is 10.0 Å². The summed E-state index contributed by atoms with van der Waals surface area (Å²) in [4.78, 5) is 16.9. The second kappa shape index (κ2) is 8.43. The van der Waals surface area contributed by atoms with E-state index in [-0.39, 0.29) is 0 Å². The highest BCUT2D eigenvalue weighted by molar-refractivity contribution is 7.92. The number of aromatic amines is 2. The Morgan fingerprint density at radius 2 is 1.78 bits per heavy atom. The van der Waals surface area contributed by atoms with E-state index in [0.29, 0.717) is 33.4 Å². The minimum Gasteiger partial charge on any atom is -0.337 e.